The lowest BCUT2D eigenvalue weighted by molar-refractivity contribution is -0.125. The van der Waals surface area contributed by atoms with Crippen molar-refractivity contribution in [3.63, 3.8) is 0 Å². The first-order valence-electron chi connectivity index (χ1n) is 7.84. The molecule has 0 aromatic heterocycles. The molecule has 1 aromatic carbocycles. The van der Waals surface area contributed by atoms with E-state index in [9.17, 15) is 4.79 Å². The molecule has 0 aliphatic carbocycles. The number of aryl methyl sites for hydroxylation is 1. The third-order valence-electron chi connectivity index (χ3n) is 4.04. The summed E-state index contributed by atoms with van der Waals surface area (Å²) in [5, 5.41) is 6.51. The van der Waals surface area contributed by atoms with E-state index < -0.39 is 0 Å². The van der Waals surface area contributed by atoms with Crippen LogP contribution in [0.15, 0.2) is 30.3 Å². The Balaban J connectivity index is 0.00000220. The fraction of sp³-hybridized carbons (Fsp3) is 0.588. The van der Waals surface area contributed by atoms with Crippen LogP contribution in [0.25, 0.3) is 0 Å². The van der Waals surface area contributed by atoms with E-state index in [1.54, 1.807) is 0 Å². The van der Waals surface area contributed by atoms with E-state index in [1.807, 2.05) is 6.07 Å². The fourth-order valence-electron chi connectivity index (χ4n) is 2.82. The lowest BCUT2D eigenvalue weighted by Gasteiger charge is -2.20. The van der Waals surface area contributed by atoms with Crippen molar-refractivity contribution >= 4 is 18.3 Å². The van der Waals surface area contributed by atoms with Gasteiger partial charge in [-0.1, -0.05) is 43.7 Å². The Hall–Kier alpha value is -1.06. The SMILES string of the molecule is CCCC(CCc1ccccc1)NC(=O)C1CCNC1.Cl. The van der Waals surface area contributed by atoms with Gasteiger partial charge in [-0.25, -0.2) is 0 Å². The number of amides is 1. The van der Waals surface area contributed by atoms with E-state index in [0.717, 1.165) is 45.2 Å². The zero-order valence-electron chi connectivity index (χ0n) is 12.8. The third kappa shape index (κ3) is 6.06. The molecule has 1 fully saturated rings. The number of benzene rings is 1. The van der Waals surface area contributed by atoms with Gasteiger partial charge in [0, 0.05) is 12.6 Å². The number of hydrogen-bond acceptors (Lipinski definition) is 2. The van der Waals surface area contributed by atoms with Crippen molar-refractivity contribution in [3.8, 4) is 0 Å². The Labute approximate surface area is 134 Å². The second-order valence-electron chi connectivity index (χ2n) is 5.71. The Morgan fingerprint density at radius 1 is 1.33 bits per heavy atom. The summed E-state index contributed by atoms with van der Waals surface area (Å²) < 4.78 is 0. The summed E-state index contributed by atoms with van der Waals surface area (Å²) in [5.41, 5.74) is 1.35. The van der Waals surface area contributed by atoms with Crippen molar-refractivity contribution in [3.05, 3.63) is 35.9 Å². The van der Waals surface area contributed by atoms with Crippen LogP contribution in [0.1, 0.15) is 38.2 Å². The lowest BCUT2D eigenvalue weighted by atomic mass is 10.0. The summed E-state index contributed by atoms with van der Waals surface area (Å²) in [7, 11) is 0. The van der Waals surface area contributed by atoms with Crippen LogP contribution in [-0.2, 0) is 11.2 Å². The highest BCUT2D eigenvalue weighted by molar-refractivity contribution is 5.85. The molecule has 0 saturated carbocycles. The topological polar surface area (TPSA) is 41.1 Å². The zero-order chi connectivity index (χ0) is 14.2. The number of halogens is 1. The highest BCUT2D eigenvalue weighted by atomic mass is 35.5. The molecule has 2 N–H and O–H groups in total. The molecule has 118 valence electrons. The van der Waals surface area contributed by atoms with Gasteiger partial charge in [-0.15, -0.1) is 12.4 Å². The molecule has 2 rings (SSSR count). The maximum Gasteiger partial charge on any atom is 0.224 e. The van der Waals surface area contributed by atoms with Crippen LogP contribution in [-0.4, -0.2) is 25.0 Å². The molecule has 1 aliphatic heterocycles. The van der Waals surface area contributed by atoms with Crippen LogP contribution in [0.4, 0.5) is 0 Å². The van der Waals surface area contributed by atoms with E-state index in [-0.39, 0.29) is 24.2 Å². The Kier molecular flexibility index (Phi) is 8.40. The monoisotopic (exact) mass is 310 g/mol. The van der Waals surface area contributed by atoms with Crippen molar-refractivity contribution < 1.29 is 4.79 Å². The van der Waals surface area contributed by atoms with Crippen molar-refractivity contribution in [2.24, 2.45) is 5.92 Å². The van der Waals surface area contributed by atoms with Gasteiger partial charge in [0.1, 0.15) is 0 Å². The summed E-state index contributed by atoms with van der Waals surface area (Å²) in [4.78, 5) is 12.2. The molecule has 1 aromatic rings. The first-order chi connectivity index (χ1) is 9.79. The predicted octanol–water partition coefficient (Wildman–Crippen LogP) is 2.94. The minimum absolute atomic E-state index is 0. The second-order valence-corrected chi connectivity index (χ2v) is 5.71. The molecule has 0 bridgehead atoms. The van der Waals surface area contributed by atoms with Crippen LogP contribution in [0.2, 0.25) is 0 Å². The van der Waals surface area contributed by atoms with Gasteiger partial charge in [0.15, 0.2) is 0 Å². The molecular weight excluding hydrogens is 284 g/mol. The molecule has 21 heavy (non-hydrogen) atoms. The summed E-state index contributed by atoms with van der Waals surface area (Å²) in [5.74, 6) is 0.410. The summed E-state index contributed by atoms with van der Waals surface area (Å²) in [6, 6.07) is 10.8. The first-order valence-corrected chi connectivity index (χ1v) is 7.84. The normalized spacial score (nSPS) is 18.8. The molecule has 1 aliphatic rings. The van der Waals surface area contributed by atoms with Crippen LogP contribution < -0.4 is 10.6 Å². The van der Waals surface area contributed by atoms with Gasteiger partial charge in [-0.2, -0.15) is 0 Å². The molecule has 2 unspecified atom stereocenters. The molecule has 1 amide bonds. The highest BCUT2D eigenvalue weighted by Gasteiger charge is 2.24. The van der Waals surface area contributed by atoms with E-state index in [4.69, 9.17) is 0 Å². The number of rotatable bonds is 7. The molecule has 1 saturated heterocycles. The lowest BCUT2D eigenvalue weighted by Crippen LogP contribution is -2.39. The standard InChI is InChI=1S/C17H26N2O.ClH/c1-2-6-16(10-9-14-7-4-3-5-8-14)19-17(20)15-11-12-18-13-15;/h3-5,7-8,15-16,18H,2,6,9-13H2,1H3,(H,19,20);1H. The summed E-state index contributed by atoms with van der Waals surface area (Å²) in [6.45, 7) is 3.99. The molecule has 3 nitrogen and oxygen atoms in total. The summed E-state index contributed by atoms with van der Waals surface area (Å²) in [6.07, 6.45) is 5.23. The van der Waals surface area contributed by atoms with Crippen molar-refractivity contribution in [1.29, 1.82) is 0 Å². The predicted molar refractivity (Wildman–Crippen MR) is 89.8 cm³/mol. The molecular formula is C17H27ClN2O. The van der Waals surface area contributed by atoms with E-state index in [0.29, 0.717) is 6.04 Å². The molecule has 4 heteroatoms. The average molecular weight is 311 g/mol. The van der Waals surface area contributed by atoms with Crippen LogP contribution in [0, 0.1) is 5.92 Å². The van der Waals surface area contributed by atoms with E-state index in [1.165, 1.54) is 5.56 Å². The smallest absolute Gasteiger partial charge is 0.224 e. The van der Waals surface area contributed by atoms with E-state index >= 15 is 0 Å². The second kappa shape index (κ2) is 9.80. The first kappa shape index (κ1) is 18.0. The fourth-order valence-corrected chi connectivity index (χ4v) is 2.82. The molecule has 0 radical (unpaired) electrons. The Morgan fingerprint density at radius 3 is 2.71 bits per heavy atom. The molecule has 2 atom stereocenters. The van der Waals surface area contributed by atoms with Crippen LogP contribution in [0.3, 0.4) is 0 Å². The highest BCUT2D eigenvalue weighted by Crippen LogP contribution is 2.12. The van der Waals surface area contributed by atoms with Gasteiger partial charge in [-0.3, -0.25) is 4.79 Å². The third-order valence-corrected chi connectivity index (χ3v) is 4.04. The minimum Gasteiger partial charge on any atom is -0.353 e. The number of carbonyl (C=O) groups excluding carboxylic acids is 1. The minimum atomic E-state index is 0. The van der Waals surface area contributed by atoms with Crippen molar-refractivity contribution in [2.75, 3.05) is 13.1 Å². The van der Waals surface area contributed by atoms with Crippen molar-refractivity contribution in [1.82, 2.24) is 10.6 Å². The maximum atomic E-state index is 12.2. The molecule has 1 heterocycles. The quantitative estimate of drug-likeness (QED) is 0.813. The Bertz CT molecular complexity index is 405. The van der Waals surface area contributed by atoms with Gasteiger partial charge in [-0.05, 0) is 37.8 Å². The largest absolute Gasteiger partial charge is 0.353 e. The maximum absolute atomic E-state index is 12.2. The van der Waals surface area contributed by atoms with Crippen LogP contribution >= 0.6 is 12.4 Å². The average Bonchev–Trinajstić information content (AvgIpc) is 3.00. The van der Waals surface area contributed by atoms with E-state index in [2.05, 4.69) is 41.8 Å². The zero-order valence-corrected chi connectivity index (χ0v) is 13.6. The number of nitrogens with one attached hydrogen (secondary N) is 2. The number of hydrogen-bond donors (Lipinski definition) is 2. The molecule has 0 spiro atoms. The number of carbonyl (C=O) groups is 1. The Morgan fingerprint density at radius 2 is 2.10 bits per heavy atom. The summed E-state index contributed by atoms with van der Waals surface area (Å²) >= 11 is 0. The van der Waals surface area contributed by atoms with Gasteiger partial charge in [0.25, 0.3) is 0 Å². The van der Waals surface area contributed by atoms with Gasteiger partial charge < -0.3 is 10.6 Å². The van der Waals surface area contributed by atoms with Gasteiger partial charge in [0.05, 0.1) is 5.92 Å². The van der Waals surface area contributed by atoms with Gasteiger partial charge >= 0.3 is 0 Å². The van der Waals surface area contributed by atoms with Crippen molar-refractivity contribution in [2.45, 2.75) is 45.1 Å². The van der Waals surface area contributed by atoms with Gasteiger partial charge in [0.2, 0.25) is 5.91 Å². The van der Waals surface area contributed by atoms with Crippen LogP contribution in [0.5, 0.6) is 0 Å².